The van der Waals surface area contributed by atoms with E-state index in [1.54, 1.807) is 0 Å². The van der Waals surface area contributed by atoms with Crippen LogP contribution in [0.3, 0.4) is 0 Å². The van der Waals surface area contributed by atoms with Crippen molar-refractivity contribution in [3.8, 4) is 0 Å². The lowest BCUT2D eigenvalue weighted by Crippen LogP contribution is -2.17. The van der Waals surface area contributed by atoms with Crippen molar-refractivity contribution in [3.63, 3.8) is 0 Å². The molecule has 0 saturated carbocycles. The van der Waals surface area contributed by atoms with E-state index in [0.717, 1.165) is 49.8 Å². The van der Waals surface area contributed by atoms with Crippen LogP contribution in [-0.4, -0.2) is 18.1 Å². The van der Waals surface area contributed by atoms with E-state index >= 15 is 0 Å². The largest absolute Gasteiger partial charge is 0.425 e. The highest BCUT2D eigenvalue weighted by molar-refractivity contribution is 5.41. The lowest BCUT2D eigenvalue weighted by Gasteiger charge is -2.13. The summed E-state index contributed by atoms with van der Waals surface area (Å²) in [6.45, 7) is 4.27. The van der Waals surface area contributed by atoms with Crippen molar-refractivity contribution >= 4 is 5.88 Å². The predicted octanol–water partition coefficient (Wildman–Crippen LogP) is 3.76. The lowest BCUT2D eigenvalue weighted by atomic mass is 10.1. The highest BCUT2D eigenvalue weighted by Crippen LogP contribution is 2.25. The molecule has 0 atom stereocenters. The summed E-state index contributed by atoms with van der Waals surface area (Å²) in [5.74, 6) is 1.89. The van der Waals surface area contributed by atoms with Crippen LogP contribution in [0, 0.1) is 6.92 Å². The number of aryl methyl sites for hydroxylation is 3. The van der Waals surface area contributed by atoms with Gasteiger partial charge in [-0.15, -0.1) is 0 Å². The van der Waals surface area contributed by atoms with Crippen molar-refractivity contribution < 1.29 is 4.42 Å². The second kappa shape index (κ2) is 6.12. The average molecular weight is 270 g/mol. The first-order chi connectivity index (χ1) is 9.83. The summed E-state index contributed by atoms with van der Waals surface area (Å²) in [7, 11) is 0. The molecule has 1 saturated heterocycles. The van der Waals surface area contributed by atoms with Gasteiger partial charge in [0.1, 0.15) is 5.69 Å². The quantitative estimate of drug-likeness (QED) is 0.828. The molecule has 3 heteroatoms. The van der Waals surface area contributed by atoms with Gasteiger partial charge in [0.25, 0.3) is 0 Å². The van der Waals surface area contributed by atoms with E-state index in [9.17, 15) is 0 Å². The minimum atomic E-state index is 0.889. The van der Waals surface area contributed by atoms with Crippen LogP contribution >= 0.6 is 0 Å². The molecule has 3 nitrogen and oxygen atoms in total. The Hall–Kier alpha value is -1.77. The zero-order valence-corrected chi connectivity index (χ0v) is 12.1. The number of oxazole rings is 1. The molecule has 2 aromatic rings. The standard InChI is InChI=1S/C17H22N2O/c1-14-17(19-12-5-6-13-19)20-16(18-14)11-7-10-15-8-3-2-4-9-15/h2-4,8-9H,5-7,10-13H2,1H3. The number of benzene rings is 1. The fourth-order valence-electron chi connectivity index (χ4n) is 2.85. The molecule has 1 aromatic carbocycles. The molecule has 20 heavy (non-hydrogen) atoms. The molecule has 1 aromatic heterocycles. The Bertz CT molecular complexity index is 541. The molecule has 3 rings (SSSR count). The maximum Gasteiger partial charge on any atom is 0.219 e. The first-order valence-electron chi connectivity index (χ1n) is 7.58. The SMILES string of the molecule is Cc1nc(CCCc2ccccc2)oc1N1CCCC1. The number of hydrogen-bond acceptors (Lipinski definition) is 3. The molecule has 1 fully saturated rings. The fourth-order valence-corrected chi connectivity index (χ4v) is 2.85. The monoisotopic (exact) mass is 270 g/mol. The van der Waals surface area contributed by atoms with Crippen LogP contribution in [0.4, 0.5) is 5.88 Å². The maximum atomic E-state index is 5.95. The van der Waals surface area contributed by atoms with Gasteiger partial charge in [-0.2, -0.15) is 0 Å². The number of aromatic nitrogens is 1. The summed E-state index contributed by atoms with van der Waals surface area (Å²) >= 11 is 0. The lowest BCUT2D eigenvalue weighted by molar-refractivity contribution is 0.484. The Labute approximate surface area is 120 Å². The molecule has 0 amide bonds. The van der Waals surface area contributed by atoms with Crippen LogP contribution < -0.4 is 4.90 Å². The van der Waals surface area contributed by atoms with Gasteiger partial charge in [-0.3, -0.25) is 0 Å². The Morgan fingerprint density at radius 3 is 2.60 bits per heavy atom. The minimum absolute atomic E-state index is 0.889. The summed E-state index contributed by atoms with van der Waals surface area (Å²) in [4.78, 5) is 6.90. The van der Waals surface area contributed by atoms with E-state index in [1.165, 1.54) is 18.4 Å². The summed E-state index contributed by atoms with van der Waals surface area (Å²) < 4.78 is 5.95. The number of hydrogen-bond donors (Lipinski definition) is 0. The van der Waals surface area contributed by atoms with Gasteiger partial charge < -0.3 is 9.32 Å². The minimum Gasteiger partial charge on any atom is -0.425 e. The van der Waals surface area contributed by atoms with Crippen LogP contribution in [-0.2, 0) is 12.8 Å². The Morgan fingerprint density at radius 1 is 1.10 bits per heavy atom. The zero-order chi connectivity index (χ0) is 13.8. The molecular formula is C17H22N2O. The first-order valence-corrected chi connectivity index (χ1v) is 7.58. The smallest absolute Gasteiger partial charge is 0.219 e. The fraction of sp³-hybridized carbons (Fsp3) is 0.471. The molecule has 0 spiro atoms. The van der Waals surface area contributed by atoms with Gasteiger partial charge in [-0.05, 0) is 38.2 Å². The Morgan fingerprint density at radius 2 is 1.85 bits per heavy atom. The van der Waals surface area contributed by atoms with Crippen molar-refractivity contribution in [1.29, 1.82) is 0 Å². The third-order valence-corrected chi connectivity index (χ3v) is 3.91. The summed E-state index contributed by atoms with van der Waals surface area (Å²) in [5.41, 5.74) is 2.43. The normalized spacial score (nSPS) is 14.9. The van der Waals surface area contributed by atoms with Crippen LogP contribution in [0.25, 0.3) is 0 Å². The second-order valence-electron chi connectivity index (χ2n) is 5.53. The Balaban J connectivity index is 1.56. The van der Waals surface area contributed by atoms with Crippen LogP contribution in [0.5, 0.6) is 0 Å². The van der Waals surface area contributed by atoms with Crippen molar-refractivity contribution in [2.75, 3.05) is 18.0 Å². The highest BCUT2D eigenvalue weighted by Gasteiger charge is 2.19. The second-order valence-corrected chi connectivity index (χ2v) is 5.53. The van der Waals surface area contributed by atoms with Gasteiger partial charge in [0, 0.05) is 19.5 Å². The molecule has 0 aliphatic carbocycles. The number of nitrogens with zero attached hydrogens (tertiary/aromatic N) is 2. The highest BCUT2D eigenvalue weighted by atomic mass is 16.4. The number of rotatable bonds is 5. The molecule has 1 aliphatic heterocycles. The van der Waals surface area contributed by atoms with Gasteiger partial charge in [-0.1, -0.05) is 30.3 Å². The van der Waals surface area contributed by atoms with Crippen LogP contribution in [0.15, 0.2) is 34.7 Å². The van der Waals surface area contributed by atoms with E-state index in [4.69, 9.17) is 4.42 Å². The van der Waals surface area contributed by atoms with E-state index in [1.807, 2.05) is 0 Å². The molecule has 0 unspecified atom stereocenters. The molecule has 0 radical (unpaired) electrons. The van der Waals surface area contributed by atoms with Gasteiger partial charge in [0.05, 0.1) is 0 Å². The summed E-state index contributed by atoms with van der Waals surface area (Å²) in [5, 5.41) is 0. The molecule has 0 bridgehead atoms. The Kier molecular flexibility index (Phi) is 4.05. The third-order valence-electron chi connectivity index (χ3n) is 3.91. The van der Waals surface area contributed by atoms with Crippen molar-refractivity contribution in [2.45, 2.75) is 39.0 Å². The van der Waals surface area contributed by atoms with Crippen LogP contribution in [0.2, 0.25) is 0 Å². The first kappa shape index (κ1) is 13.2. The van der Waals surface area contributed by atoms with Gasteiger partial charge in [0.15, 0.2) is 5.89 Å². The van der Waals surface area contributed by atoms with Gasteiger partial charge in [0.2, 0.25) is 5.88 Å². The van der Waals surface area contributed by atoms with Crippen molar-refractivity contribution in [1.82, 2.24) is 4.98 Å². The summed E-state index contributed by atoms with van der Waals surface area (Å²) in [6, 6.07) is 10.6. The molecule has 0 N–H and O–H groups in total. The van der Waals surface area contributed by atoms with Gasteiger partial charge in [-0.25, -0.2) is 4.98 Å². The van der Waals surface area contributed by atoms with E-state index < -0.39 is 0 Å². The zero-order valence-electron chi connectivity index (χ0n) is 12.1. The summed E-state index contributed by atoms with van der Waals surface area (Å²) in [6.07, 6.45) is 5.63. The molecule has 106 valence electrons. The van der Waals surface area contributed by atoms with E-state index in [-0.39, 0.29) is 0 Å². The average Bonchev–Trinajstić information content (AvgIpc) is 3.09. The van der Waals surface area contributed by atoms with Crippen LogP contribution in [0.1, 0.15) is 36.4 Å². The van der Waals surface area contributed by atoms with Crippen molar-refractivity contribution in [2.24, 2.45) is 0 Å². The van der Waals surface area contributed by atoms with Gasteiger partial charge >= 0.3 is 0 Å². The predicted molar refractivity (Wildman–Crippen MR) is 81.2 cm³/mol. The topological polar surface area (TPSA) is 29.3 Å². The van der Waals surface area contributed by atoms with E-state index in [2.05, 4.69) is 47.1 Å². The molecular weight excluding hydrogens is 248 g/mol. The van der Waals surface area contributed by atoms with Crippen molar-refractivity contribution in [3.05, 3.63) is 47.5 Å². The third kappa shape index (κ3) is 3.03. The number of anilines is 1. The molecule has 1 aliphatic rings. The maximum absolute atomic E-state index is 5.95. The van der Waals surface area contributed by atoms with E-state index in [0.29, 0.717) is 0 Å². The molecule has 2 heterocycles.